The van der Waals surface area contributed by atoms with E-state index in [0.29, 0.717) is 12.0 Å². The molecule has 1 aromatic rings. The third-order valence-corrected chi connectivity index (χ3v) is 3.00. The third kappa shape index (κ3) is 3.06. The Hall–Kier alpha value is -0.830. The van der Waals surface area contributed by atoms with Gasteiger partial charge in [-0.1, -0.05) is 27.2 Å². The molecule has 0 amide bonds. The second-order valence-corrected chi connectivity index (χ2v) is 4.20. The quantitative estimate of drug-likeness (QED) is 0.780. The van der Waals surface area contributed by atoms with E-state index in [0.717, 1.165) is 6.54 Å². The number of hydrogen-bond acceptors (Lipinski definition) is 2. The third-order valence-electron chi connectivity index (χ3n) is 3.00. The molecule has 2 unspecified atom stereocenters. The molecule has 0 spiro atoms. The van der Waals surface area contributed by atoms with Crippen LogP contribution in [-0.2, 0) is 7.05 Å². The Morgan fingerprint density at radius 1 is 1.47 bits per heavy atom. The van der Waals surface area contributed by atoms with Gasteiger partial charge in [-0.25, -0.2) is 0 Å². The molecule has 1 rings (SSSR count). The fourth-order valence-corrected chi connectivity index (χ4v) is 1.82. The van der Waals surface area contributed by atoms with Gasteiger partial charge in [-0.3, -0.25) is 4.68 Å². The summed E-state index contributed by atoms with van der Waals surface area (Å²) in [6, 6.07) is 2.54. The Labute approximate surface area is 92.9 Å². The van der Waals surface area contributed by atoms with Crippen molar-refractivity contribution in [1.29, 1.82) is 0 Å². The highest BCUT2D eigenvalue weighted by Crippen LogP contribution is 2.23. The van der Waals surface area contributed by atoms with Crippen LogP contribution in [0.5, 0.6) is 0 Å². The Balaban J connectivity index is 2.76. The van der Waals surface area contributed by atoms with E-state index in [9.17, 15) is 0 Å². The topological polar surface area (TPSA) is 29.9 Å². The predicted octanol–water partition coefficient (Wildman–Crippen LogP) is 2.51. The summed E-state index contributed by atoms with van der Waals surface area (Å²) >= 11 is 0. The molecule has 0 aromatic carbocycles. The Kier molecular flexibility index (Phi) is 4.82. The molecule has 15 heavy (non-hydrogen) atoms. The lowest BCUT2D eigenvalue weighted by Crippen LogP contribution is -2.29. The zero-order chi connectivity index (χ0) is 11.3. The lowest BCUT2D eigenvalue weighted by molar-refractivity contribution is 0.359. The van der Waals surface area contributed by atoms with Crippen LogP contribution in [0.25, 0.3) is 0 Å². The lowest BCUT2D eigenvalue weighted by Gasteiger charge is -2.24. The van der Waals surface area contributed by atoms with Crippen LogP contribution in [-0.4, -0.2) is 16.3 Å². The van der Waals surface area contributed by atoms with Crippen molar-refractivity contribution in [3.05, 3.63) is 18.0 Å². The van der Waals surface area contributed by atoms with Gasteiger partial charge in [0.15, 0.2) is 0 Å². The number of rotatable bonds is 6. The minimum atomic E-state index is 0.433. The largest absolute Gasteiger partial charge is 0.308 e. The standard InChI is InChI=1S/C12H23N3/c1-5-8-13-12(10(3)6-2)11-7-9-14-15(11)4/h7,9-10,12-13H,5-6,8H2,1-4H3. The predicted molar refractivity (Wildman–Crippen MR) is 63.7 cm³/mol. The molecule has 2 atom stereocenters. The molecular formula is C12H23N3. The number of nitrogens with one attached hydrogen (secondary N) is 1. The fraction of sp³-hybridized carbons (Fsp3) is 0.750. The van der Waals surface area contributed by atoms with Crippen LogP contribution in [0.4, 0.5) is 0 Å². The van der Waals surface area contributed by atoms with Gasteiger partial charge in [0, 0.05) is 13.2 Å². The van der Waals surface area contributed by atoms with Crippen molar-refractivity contribution in [2.75, 3.05) is 6.54 Å². The van der Waals surface area contributed by atoms with Crippen LogP contribution in [0.3, 0.4) is 0 Å². The van der Waals surface area contributed by atoms with Gasteiger partial charge in [0.25, 0.3) is 0 Å². The number of nitrogens with zero attached hydrogens (tertiary/aromatic N) is 2. The van der Waals surface area contributed by atoms with Gasteiger partial charge in [0.2, 0.25) is 0 Å². The van der Waals surface area contributed by atoms with Crippen molar-refractivity contribution in [2.45, 2.75) is 39.7 Å². The Morgan fingerprint density at radius 3 is 2.67 bits per heavy atom. The van der Waals surface area contributed by atoms with Crippen LogP contribution in [0.1, 0.15) is 45.3 Å². The van der Waals surface area contributed by atoms with Crippen molar-refractivity contribution in [2.24, 2.45) is 13.0 Å². The molecule has 0 bridgehead atoms. The smallest absolute Gasteiger partial charge is 0.0553 e. The Bertz CT molecular complexity index is 280. The van der Waals surface area contributed by atoms with Crippen LogP contribution in [0, 0.1) is 5.92 Å². The van der Waals surface area contributed by atoms with Crippen LogP contribution >= 0.6 is 0 Å². The van der Waals surface area contributed by atoms with Crippen molar-refractivity contribution in [1.82, 2.24) is 15.1 Å². The molecular weight excluding hydrogens is 186 g/mol. The number of aryl methyl sites for hydroxylation is 1. The molecule has 0 saturated carbocycles. The Morgan fingerprint density at radius 2 is 2.20 bits per heavy atom. The maximum absolute atomic E-state index is 4.24. The highest BCUT2D eigenvalue weighted by molar-refractivity contribution is 5.07. The van der Waals surface area contributed by atoms with E-state index in [2.05, 4.69) is 37.3 Å². The minimum Gasteiger partial charge on any atom is -0.308 e. The first-order chi connectivity index (χ1) is 7.20. The molecule has 3 nitrogen and oxygen atoms in total. The summed E-state index contributed by atoms with van der Waals surface area (Å²) in [7, 11) is 2.01. The van der Waals surface area contributed by atoms with E-state index in [1.165, 1.54) is 18.5 Å². The monoisotopic (exact) mass is 209 g/mol. The van der Waals surface area contributed by atoms with Gasteiger partial charge in [0.1, 0.15) is 0 Å². The fourth-order valence-electron chi connectivity index (χ4n) is 1.82. The van der Waals surface area contributed by atoms with Crippen molar-refractivity contribution < 1.29 is 0 Å². The molecule has 1 heterocycles. The molecule has 86 valence electrons. The molecule has 0 aliphatic rings. The first-order valence-electron chi connectivity index (χ1n) is 5.92. The highest BCUT2D eigenvalue weighted by Gasteiger charge is 2.19. The van der Waals surface area contributed by atoms with E-state index in [4.69, 9.17) is 0 Å². The first-order valence-corrected chi connectivity index (χ1v) is 5.92. The zero-order valence-corrected chi connectivity index (χ0v) is 10.3. The van der Waals surface area contributed by atoms with Gasteiger partial charge in [0.05, 0.1) is 11.7 Å². The van der Waals surface area contributed by atoms with E-state index < -0.39 is 0 Å². The number of aromatic nitrogens is 2. The summed E-state index contributed by atoms with van der Waals surface area (Å²) in [4.78, 5) is 0. The van der Waals surface area contributed by atoms with Gasteiger partial charge >= 0.3 is 0 Å². The van der Waals surface area contributed by atoms with Gasteiger partial charge in [-0.2, -0.15) is 5.10 Å². The van der Waals surface area contributed by atoms with Crippen LogP contribution in [0.2, 0.25) is 0 Å². The first kappa shape index (κ1) is 12.2. The summed E-state index contributed by atoms with van der Waals surface area (Å²) in [6.45, 7) is 7.80. The maximum atomic E-state index is 4.24. The van der Waals surface area contributed by atoms with E-state index in [-0.39, 0.29) is 0 Å². The molecule has 0 fully saturated rings. The van der Waals surface area contributed by atoms with E-state index >= 15 is 0 Å². The molecule has 0 radical (unpaired) electrons. The van der Waals surface area contributed by atoms with Gasteiger partial charge in [-0.15, -0.1) is 0 Å². The lowest BCUT2D eigenvalue weighted by atomic mass is 9.96. The molecule has 0 aliphatic heterocycles. The zero-order valence-electron chi connectivity index (χ0n) is 10.3. The second-order valence-electron chi connectivity index (χ2n) is 4.20. The van der Waals surface area contributed by atoms with Gasteiger partial charge in [-0.05, 0) is 24.9 Å². The minimum absolute atomic E-state index is 0.433. The summed E-state index contributed by atoms with van der Waals surface area (Å²) in [5, 5.41) is 7.84. The van der Waals surface area contributed by atoms with Crippen LogP contribution < -0.4 is 5.32 Å². The van der Waals surface area contributed by atoms with Crippen molar-refractivity contribution >= 4 is 0 Å². The molecule has 0 saturated heterocycles. The maximum Gasteiger partial charge on any atom is 0.0553 e. The van der Waals surface area contributed by atoms with Crippen LogP contribution in [0.15, 0.2) is 12.3 Å². The molecule has 3 heteroatoms. The molecule has 0 aliphatic carbocycles. The van der Waals surface area contributed by atoms with E-state index in [1.807, 2.05) is 17.9 Å². The highest BCUT2D eigenvalue weighted by atomic mass is 15.3. The molecule has 1 aromatic heterocycles. The van der Waals surface area contributed by atoms with E-state index in [1.54, 1.807) is 0 Å². The SMILES string of the molecule is CCCNC(c1ccnn1C)C(C)CC. The summed E-state index contributed by atoms with van der Waals surface area (Å²) in [5.41, 5.74) is 1.29. The van der Waals surface area contributed by atoms with Gasteiger partial charge < -0.3 is 5.32 Å². The summed E-state index contributed by atoms with van der Waals surface area (Å²) < 4.78 is 1.97. The van der Waals surface area contributed by atoms with Crippen molar-refractivity contribution in [3.63, 3.8) is 0 Å². The van der Waals surface area contributed by atoms with Crippen molar-refractivity contribution in [3.8, 4) is 0 Å². The normalized spacial score (nSPS) is 15.2. The summed E-state index contributed by atoms with van der Waals surface area (Å²) in [6.07, 6.45) is 4.23. The number of hydrogen-bond donors (Lipinski definition) is 1. The molecule has 1 N–H and O–H groups in total. The summed E-state index contributed by atoms with van der Waals surface area (Å²) in [5.74, 6) is 0.645. The average molecular weight is 209 g/mol. The average Bonchev–Trinajstić information content (AvgIpc) is 2.65. The second kappa shape index (κ2) is 5.91.